The summed E-state index contributed by atoms with van der Waals surface area (Å²) in [5, 5.41) is 13.7. The fraction of sp³-hybridized carbons (Fsp3) is 0.604. The van der Waals surface area contributed by atoms with E-state index in [0.717, 1.165) is 96.3 Å². The van der Waals surface area contributed by atoms with Gasteiger partial charge < -0.3 is 28.8 Å². The van der Waals surface area contributed by atoms with Crippen LogP contribution in [0.3, 0.4) is 0 Å². The van der Waals surface area contributed by atoms with Crippen LogP contribution in [0.2, 0.25) is 0 Å². The summed E-state index contributed by atoms with van der Waals surface area (Å²) in [7, 11) is 1.25. The number of hydrogen-bond acceptors (Lipinski definition) is 6. The summed E-state index contributed by atoms with van der Waals surface area (Å²) in [5.41, 5.74) is 0. The molecule has 3 atom stereocenters. The predicted molar refractivity (Wildman–Crippen MR) is 265 cm³/mol. The van der Waals surface area contributed by atoms with Crippen LogP contribution in [0.1, 0.15) is 155 Å². The number of hydrogen-bond donors (Lipinski definition) is 2. The molecule has 0 aromatic carbocycles. The van der Waals surface area contributed by atoms with Gasteiger partial charge in [0.1, 0.15) is 13.2 Å². The number of aliphatic hydroxyl groups excluding tert-OH is 1. The number of aliphatic hydroxyl groups is 1. The third-order valence-corrected chi connectivity index (χ3v) is 10.7. The van der Waals surface area contributed by atoms with E-state index in [1.165, 1.54) is 25.7 Å². The Morgan fingerprint density at radius 1 is 0.581 bits per heavy atom. The van der Waals surface area contributed by atoms with Gasteiger partial charge in [-0.25, -0.2) is 0 Å². The zero-order chi connectivity index (χ0) is 45.7. The Bertz CT molecular complexity index is 1410. The van der Waals surface area contributed by atoms with Crippen molar-refractivity contribution < 1.29 is 32.9 Å². The van der Waals surface area contributed by atoms with Gasteiger partial charge in [0.15, 0.2) is 0 Å². The Morgan fingerprint density at radius 2 is 0.984 bits per heavy atom. The lowest BCUT2D eigenvalue weighted by Crippen LogP contribution is -2.46. The van der Waals surface area contributed by atoms with E-state index in [4.69, 9.17) is 9.05 Å². The summed E-state index contributed by atoms with van der Waals surface area (Å²) in [4.78, 5) is 25.2. The highest BCUT2D eigenvalue weighted by molar-refractivity contribution is 7.45. The number of nitrogens with one attached hydrogen (secondary N) is 1. The Kier molecular flexibility index (Phi) is 41.0. The fourth-order valence-electron chi connectivity index (χ4n) is 5.95. The third-order valence-electron chi connectivity index (χ3n) is 9.71. The number of carbonyl (C=O) groups is 1. The van der Waals surface area contributed by atoms with Crippen LogP contribution in [0.25, 0.3) is 0 Å². The van der Waals surface area contributed by atoms with E-state index in [0.29, 0.717) is 30.3 Å². The van der Waals surface area contributed by atoms with Crippen LogP contribution in [-0.4, -0.2) is 68.5 Å². The van der Waals surface area contributed by atoms with Crippen LogP contribution in [0.15, 0.2) is 122 Å². The molecule has 0 fully saturated rings. The van der Waals surface area contributed by atoms with Crippen LogP contribution < -0.4 is 10.2 Å². The van der Waals surface area contributed by atoms with Crippen molar-refractivity contribution in [2.24, 2.45) is 0 Å². The van der Waals surface area contributed by atoms with Crippen molar-refractivity contribution in [3.8, 4) is 0 Å². The average molecular weight is 881 g/mol. The van der Waals surface area contributed by atoms with Gasteiger partial charge in [-0.05, 0) is 89.9 Å². The molecule has 0 bridgehead atoms. The van der Waals surface area contributed by atoms with Gasteiger partial charge in [-0.3, -0.25) is 9.36 Å². The molecular weight excluding hydrogens is 792 g/mol. The second-order valence-electron chi connectivity index (χ2n) is 16.7. The van der Waals surface area contributed by atoms with Crippen LogP contribution in [0.5, 0.6) is 0 Å². The SMILES string of the molecule is CC/C=C\C/C=C\C/C=C\C/C=C\C/C=C\C/C=C\C/C=C\C/C=C\C/C=C\C/C=C\CCCCC(=O)NC(COP(=O)([O-])OCC[N+](C)(C)C)C(O)CCCCCCCCC. The van der Waals surface area contributed by atoms with Crippen LogP contribution >= 0.6 is 7.82 Å². The molecule has 1 amide bonds. The molecule has 0 rings (SSSR count). The molecule has 0 aliphatic rings. The molecule has 2 N–H and O–H groups in total. The highest BCUT2D eigenvalue weighted by atomic mass is 31.2. The zero-order valence-electron chi connectivity index (χ0n) is 39.8. The minimum absolute atomic E-state index is 0.00426. The number of amides is 1. The first-order valence-electron chi connectivity index (χ1n) is 23.9. The van der Waals surface area contributed by atoms with Gasteiger partial charge in [0.2, 0.25) is 5.91 Å². The monoisotopic (exact) mass is 881 g/mol. The third kappa shape index (κ3) is 44.9. The Hall–Kier alpha value is -3.10. The van der Waals surface area contributed by atoms with Gasteiger partial charge in [-0.2, -0.15) is 0 Å². The molecule has 8 nitrogen and oxygen atoms in total. The van der Waals surface area contributed by atoms with Crippen LogP contribution in [0, 0.1) is 0 Å². The van der Waals surface area contributed by atoms with Crippen molar-refractivity contribution in [1.29, 1.82) is 0 Å². The molecule has 9 heteroatoms. The molecule has 0 aromatic heterocycles. The molecular formula is C53H89N2O6P. The average Bonchev–Trinajstić information content (AvgIpc) is 3.23. The van der Waals surface area contributed by atoms with Gasteiger partial charge in [-0.1, -0.05) is 180 Å². The number of rotatable bonds is 41. The topological polar surface area (TPSA) is 108 Å². The molecule has 0 aliphatic heterocycles. The molecule has 0 saturated heterocycles. The number of allylic oxidation sites excluding steroid dienone is 20. The van der Waals surface area contributed by atoms with E-state index in [1.54, 1.807) is 0 Å². The minimum Gasteiger partial charge on any atom is -0.756 e. The second-order valence-corrected chi connectivity index (χ2v) is 18.1. The molecule has 0 aliphatic carbocycles. The van der Waals surface area contributed by atoms with Crippen molar-refractivity contribution in [1.82, 2.24) is 5.32 Å². The number of likely N-dealkylation sites (N-methyl/N-ethyl adjacent to an activating group) is 1. The number of phosphoric acid groups is 1. The molecule has 0 saturated carbocycles. The zero-order valence-corrected chi connectivity index (χ0v) is 40.7. The number of quaternary nitrogens is 1. The van der Waals surface area contributed by atoms with Crippen molar-refractivity contribution in [3.05, 3.63) is 122 Å². The standard InChI is InChI=1S/C53H89N2O6P/c1-6-8-10-12-14-15-16-17-18-19-20-21-22-23-24-25-26-27-28-29-30-31-32-33-34-35-36-37-38-39-41-43-45-47-53(57)54-51(52(56)46-44-42-40-13-11-9-7-2)50-61-62(58,59)60-49-48-55(3,4)5/h8,10,14-15,17-18,20-21,23-24,26-27,29-30,32-33,35-36,38-39,51-52,56H,6-7,9,11-13,16,19,22,25,28,31,34,37,40-50H2,1-5H3,(H-,54,57,58,59)/b10-8-,15-14-,18-17-,21-20-,24-23-,27-26-,30-29-,33-32-,36-35-,39-38-. The lowest BCUT2D eigenvalue weighted by molar-refractivity contribution is -0.870. The van der Waals surface area contributed by atoms with E-state index < -0.39 is 20.0 Å². The van der Waals surface area contributed by atoms with Crippen molar-refractivity contribution >= 4 is 13.7 Å². The van der Waals surface area contributed by atoms with Gasteiger partial charge in [0, 0.05) is 6.42 Å². The first-order chi connectivity index (χ1) is 30.0. The summed E-state index contributed by atoms with van der Waals surface area (Å²) in [5.74, 6) is -0.218. The molecule has 3 unspecified atom stereocenters. The highest BCUT2D eigenvalue weighted by Gasteiger charge is 2.24. The van der Waals surface area contributed by atoms with Crippen LogP contribution in [-0.2, 0) is 18.4 Å². The summed E-state index contributed by atoms with van der Waals surface area (Å²) in [6.45, 7) is 4.48. The molecule has 0 heterocycles. The minimum atomic E-state index is -4.58. The van der Waals surface area contributed by atoms with Gasteiger partial charge in [-0.15, -0.1) is 0 Å². The summed E-state index contributed by atoms with van der Waals surface area (Å²) >= 11 is 0. The summed E-state index contributed by atoms with van der Waals surface area (Å²) < 4.78 is 23.1. The molecule has 0 radical (unpaired) electrons. The van der Waals surface area contributed by atoms with Crippen molar-refractivity contribution in [2.45, 2.75) is 167 Å². The van der Waals surface area contributed by atoms with Crippen molar-refractivity contribution in [2.75, 3.05) is 40.9 Å². The Morgan fingerprint density at radius 3 is 1.40 bits per heavy atom. The van der Waals surface area contributed by atoms with Gasteiger partial charge in [0.25, 0.3) is 7.82 Å². The Balaban J connectivity index is 4.21. The molecule has 0 spiro atoms. The number of phosphoric ester groups is 1. The molecule has 352 valence electrons. The van der Waals surface area contributed by atoms with Gasteiger partial charge in [0.05, 0.1) is 39.9 Å². The van der Waals surface area contributed by atoms with Crippen LogP contribution in [0.4, 0.5) is 0 Å². The van der Waals surface area contributed by atoms with E-state index in [9.17, 15) is 19.4 Å². The Labute approximate surface area is 380 Å². The predicted octanol–water partition coefficient (Wildman–Crippen LogP) is 13.2. The summed E-state index contributed by atoms with van der Waals surface area (Å²) in [6.07, 6.45) is 63.9. The maximum Gasteiger partial charge on any atom is 0.268 e. The van der Waals surface area contributed by atoms with E-state index in [-0.39, 0.29) is 19.1 Å². The maximum atomic E-state index is 12.8. The highest BCUT2D eigenvalue weighted by Crippen LogP contribution is 2.38. The second kappa shape index (κ2) is 43.2. The quantitative estimate of drug-likeness (QED) is 0.0274. The van der Waals surface area contributed by atoms with E-state index in [2.05, 4.69) is 141 Å². The largest absolute Gasteiger partial charge is 0.756 e. The van der Waals surface area contributed by atoms with Gasteiger partial charge >= 0.3 is 0 Å². The molecule has 0 aromatic rings. The molecule has 62 heavy (non-hydrogen) atoms. The van der Waals surface area contributed by atoms with E-state index >= 15 is 0 Å². The first kappa shape index (κ1) is 58.9. The van der Waals surface area contributed by atoms with Crippen molar-refractivity contribution in [3.63, 3.8) is 0 Å². The normalized spacial score (nSPS) is 15.3. The smallest absolute Gasteiger partial charge is 0.268 e. The lowest BCUT2D eigenvalue weighted by atomic mass is 10.0. The fourth-order valence-corrected chi connectivity index (χ4v) is 6.67. The summed E-state index contributed by atoms with van der Waals surface area (Å²) in [6, 6.07) is -0.830. The number of unbranched alkanes of at least 4 members (excludes halogenated alkanes) is 8. The maximum absolute atomic E-state index is 12.8. The van der Waals surface area contributed by atoms with E-state index in [1.807, 2.05) is 21.1 Å². The number of carbonyl (C=O) groups excluding carboxylic acids is 1. The first-order valence-corrected chi connectivity index (χ1v) is 25.3. The lowest BCUT2D eigenvalue weighted by Gasteiger charge is -2.30. The number of nitrogens with zero attached hydrogens (tertiary/aromatic N) is 1.